The molecule has 1 saturated heterocycles. The maximum Gasteiger partial charge on any atom is 0.181 e. The zero-order valence-electron chi connectivity index (χ0n) is 21.2. The lowest BCUT2D eigenvalue weighted by molar-refractivity contribution is 0.220. The van der Waals surface area contributed by atoms with E-state index in [2.05, 4.69) is 47.2 Å². The van der Waals surface area contributed by atoms with Gasteiger partial charge in [0.25, 0.3) is 0 Å². The Balaban J connectivity index is 1.26. The van der Waals surface area contributed by atoms with Crippen molar-refractivity contribution in [1.82, 2.24) is 35.0 Å². The number of aromatic amines is 2. The highest BCUT2D eigenvalue weighted by Crippen LogP contribution is 2.35. The van der Waals surface area contributed by atoms with E-state index in [0.29, 0.717) is 16.9 Å². The average Bonchev–Trinajstić information content (AvgIpc) is 3.57. The van der Waals surface area contributed by atoms with Crippen LogP contribution in [0.4, 0.5) is 4.39 Å². The molecule has 8 nitrogen and oxygen atoms in total. The predicted octanol–water partition coefficient (Wildman–Crippen LogP) is 6.06. The third-order valence-corrected chi connectivity index (χ3v) is 7.37. The van der Waals surface area contributed by atoms with Crippen LogP contribution in [0.25, 0.3) is 55.7 Å². The van der Waals surface area contributed by atoms with Gasteiger partial charge in [0.1, 0.15) is 11.6 Å². The number of nitrogens with zero attached hydrogens (tertiary/aromatic N) is 5. The number of halogens is 1. The average molecular weight is 520 g/mol. The second-order valence-corrected chi connectivity index (χ2v) is 10.1. The number of aromatic nitrogens is 6. The van der Waals surface area contributed by atoms with E-state index in [1.807, 2.05) is 30.7 Å². The summed E-state index contributed by atoms with van der Waals surface area (Å²) < 4.78 is 14.0. The van der Waals surface area contributed by atoms with Gasteiger partial charge in [-0.3, -0.25) is 20.0 Å². The van der Waals surface area contributed by atoms with Crippen molar-refractivity contribution < 1.29 is 9.50 Å². The molecule has 6 aromatic rings. The number of aromatic hydroxyl groups is 1. The van der Waals surface area contributed by atoms with Gasteiger partial charge in [-0.25, -0.2) is 9.37 Å². The van der Waals surface area contributed by atoms with Gasteiger partial charge in [0, 0.05) is 70.4 Å². The Morgan fingerprint density at radius 2 is 1.74 bits per heavy atom. The highest BCUT2D eigenvalue weighted by Gasteiger charge is 2.17. The summed E-state index contributed by atoms with van der Waals surface area (Å²) in [5, 5.41) is 19.1. The van der Waals surface area contributed by atoms with Gasteiger partial charge in [-0.15, -0.1) is 0 Å². The van der Waals surface area contributed by atoms with Gasteiger partial charge in [-0.05, 0) is 67.9 Å². The minimum absolute atomic E-state index is 0.146. The van der Waals surface area contributed by atoms with Gasteiger partial charge in [0.05, 0.1) is 17.1 Å². The normalized spacial score (nSPS) is 14.4. The number of likely N-dealkylation sites (tertiary alicyclic amines) is 1. The largest absolute Gasteiger partial charge is 0.508 e. The van der Waals surface area contributed by atoms with Crippen LogP contribution in [0.5, 0.6) is 5.75 Å². The molecule has 39 heavy (non-hydrogen) atoms. The molecule has 1 aromatic carbocycles. The number of pyridine rings is 3. The maximum absolute atomic E-state index is 14.0. The molecule has 6 heterocycles. The topological polar surface area (TPSA) is 107 Å². The molecule has 0 amide bonds. The van der Waals surface area contributed by atoms with Crippen LogP contribution in [0, 0.1) is 5.82 Å². The summed E-state index contributed by atoms with van der Waals surface area (Å²) >= 11 is 0. The number of nitrogens with one attached hydrogen (secondary N) is 2. The van der Waals surface area contributed by atoms with Crippen molar-refractivity contribution in [3.63, 3.8) is 0 Å². The van der Waals surface area contributed by atoms with Gasteiger partial charge in [0.2, 0.25) is 0 Å². The molecular weight excluding hydrogens is 493 g/mol. The number of H-pyrrole nitrogens is 2. The minimum atomic E-state index is -0.521. The van der Waals surface area contributed by atoms with Crippen molar-refractivity contribution in [1.29, 1.82) is 0 Å². The molecule has 0 saturated carbocycles. The first-order valence-corrected chi connectivity index (χ1v) is 13.1. The molecule has 0 unspecified atom stereocenters. The van der Waals surface area contributed by atoms with Gasteiger partial charge in [-0.1, -0.05) is 6.42 Å². The molecule has 194 valence electrons. The Morgan fingerprint density at radius 3 is 2.62 bits per heavy atom. The van der Waals surface area contributed by atoms with Crippen LogP contribution >= 0.6 is 0 Å². The van der Waals surface area contributed by atoms with Crippen LogP contribution in [0.1, 0.15) is 24.8 Å². The van der Waals surface area contributed by atoms with E-state index in [1.54, 1.807) is 6.20 Å². The van der Waals surface area contributed by atoms with Crippen LogP contribution in [-0.2, 0) is 6.54 Å². The van der Waals surface area contributed by atoms with Gasteiger partial charge in [0.15, 0.2) is 5.65 Å². The number of hydrogen-bond acceptors (Lipinski definition) is 6. The van der Waals surface area contributed by atoms with Crippen LogP contribution in [0.3, 0.4) is 0 Å². The number of hydrogen-bond donors (Lipinski definition) is 3. The zero-order chi connectivity index (χ0) is 26.3. The fourth-order valence-electron chi connectivity index (χ4n) is 5.50. The molecule has 9 heteroatoms. The standard InChI is InChI=1S/C30H26FN7O/c31-22-9-19(10-23(39)12-22)28-24-13-27(35-26(24)4-5-33-28)29-25-11-21(16-34-30(25)37-36-29)20-8-18(14-32-15-20)17-38-6-2-1-3-7-38/h4-5,8-16,35,39H,1-3,6-7,17H2,(H,34,36,37). The molecule has 0 aliphatic carbocycles. The third kappa shape index (κ3) is 4.51. The van der Waals surface area contributed by atoms with E-state index in [-0.39, 0.29) is 5.75 Å². The van der Waals surface area contributed by atoms with Crippen LogP contribution in [0.15, 0.2) is 67.3 Å². The van der Waals surface area contributed by atoms with Crippen molar-refractivity contribution in [2.45, 2.75) is 25.8 Å². The van der Waals surface area contributed by atoms with Gasteiger partial charge >= 0.3 is 0 Å². The van der Waals surface area contributed by atoms with E-state index in [9.17, 15) is 9.50 Å². The van der Waals surface area contributed by atoms with Crippen molar-refractivity contribution in [2.24, 2.45) is 0 Å². The van der Waals surface area contributed by atoms with Crippen LogP contribution in [-0.4, -0.2) is 53.2 Å². The lowest BCUT2D eigenvalue weighted by Gasteiger charge is -2.26. The lowest BCUT2D eigenvalue weighted by Crippen LogP contribution is -2.29. The Bertz CT molecular complexity index is 1800. The van der Waals surface area contributed by atoms with Crippen molar-refractivity contribution in [3.8, 4) is 39.5 Å². The molecule has 1 aliphatic rings. The molecule has 3 N–H and O–H groups in total. The van der Waals surface area contributed by atoms with Gasteiger partial charge < -0.3 is 10.1 Å². The number of fused-ring (bicyclic) bond motifs is 2. The molecule has 7 rings (SSSR count). The molecule has 0 radical (unpaired) electrons. The van der Waals surface area contributed by atoms with Crippen LogP contribution < -0.4 is 0 Å². The number of piperidine rings is 1. The van der Waals surface area contributed by atoms with Crippen molar-refractivity contribution in [2.75, 3.05) is 13.1 Å². The first-order chi connectivity index (χ1) is 19.1. The van der Waals surface area contributed by atoms with E-state index in [1.165, 1.54) is 37.0 Å². The molecule has 0 spiro atoms. The second kappa shape index (κ2) is 9.59. The Kier molecular flexibility index (Phi) is 5.78. The van der Waals surface area contributed by atoms with E-state index >= 15 is 0 Å². The first-order valence-electron chi connectivity index (χ1n) is 13.1. The summed E-state index contributed by atoms with van der Waals surface area (Å²) in [4.78, 5) is 19.5. The number of rotatable bonds is 5. The van der Waals surface area contributed by atoms with Crippen LogP contribution in [0.2, 0.25) is 0 Å². The summed E-state index contributed by atoms with van der Waals surface area (Å²) in [6.45, 7) is 3.18. The fraction of sp³-hybridized carbons (Fsp3) is 0.200. The summed E-state index contributed by atoms with van der Waals surface area (Å²) in [6, 6.07) is 12.0. The second-order valence-electron chi connectivity index (χ2n) is 10.1. The monoisotopic (exact) mass is 519 g/mol. The summed E-state index contributed by atoms with van der Waals surface area (Å²) in [7, 11) is 0. The van der Waals surface area contributed by atoms with E-state index in [0.717, 1.165) is 64.5 Å². The summed E-state index contributed by atoms with van der Waals surface area (Å²) in [6.07, 6.45) is 11.1. The predicted molar refractivity (Wildman–Crippen MR) is 148 cm³/mol. The third-order valence-electron chi connectivity index (χ3n) is 7.37. The highest BCUT2D eigenvalue weighted by molar-refractivity contribution is 6.00. The SMILES string of the molecule is Oc1cc(F)cc(-c2nccc3[nH]c(-c4[nH]nc5ncc(-c6cncc(CN7CCCCC7)c6)cc45)cc23)c1. The lowest BCUT2D eigenvalue weighted by atomic mass is 10.0. The Labute approximate surface area is 223 Å². The number of phenolic OH excluding ortho intramolecular Hbond substituents is 1. The summed E-state index contributed by atoms with van der Waals surface area (Å²) in [5.74, 6) is -0.667. The summed E-state index contributed by atoms with van der Waals surface area (Å²) in [5.41, 5.74) is 7.29. The van der Waals surface area contributed by atoms with E-state index < -0.39 is 5.82 Å². The van der Waals surface area contributed by atoms with Crippen molar-refractivity contribution in [3.05, 3.63) is 78.6 Å². The van der Waals surface area contributed by atoms with E-state index in [4.69, 9.17) is 0 Å². The molecular formula is C30H26FN7O. The highest BCUT2D eigenvalue weighted by atomic mass is 19.1. The zero-order valence-corrected chi connectivity index (χ0v) is 21.2. The molecule has 0 bridgehead atoms. The first kappa shape index (κ1) is 23.5. The molecule has 0 atom stereocenters. The Hall–Kier alpha value is -4.63. The maximum atomic E-state index is 14.0. The molecule has 1 fully saturated rings. The van der Waals surface area contributed by atoms with Crippen molar-refractivity contribution >= 4 is 21.9 Å². The smallest absolute Gasteiger partial charge is 0.181 e. The number of phenols is 1. The minimum Gasteiger partial charge on any atom is -0.508 e. The quantitative estimate of drug-likeness (QED) is 0.256. The molecule has 5 aromatic heterocycles. The Morgan fingerprint density at radius 1 is 0.872 bits per heavy atom. The molecule has 1 aliphatic heterocycles. The number of benzene rings is 1. The fourth-order valence-corrected chi connectivity index (χ4v) is 5.50. The van der Waals surface area contributed by atoms with Gasteiger partial charge in [-0.2, -0.15) is 5.10 Å².